The molecule has 1 aromatic heterocycles. The summed E-state index contributed by atoms with van der Waals surface area (Å²) in [5.74, 6) is -0.651. The second-order valence-electron chi connectivity index (χ2n) is 6.89. The third-order valence-corrected chi connectivity index (χ3v) is 7.62. The minimum absolute atomic E-state index is 0.152. The van der Waals surface area contributed by atoms with Gasteiger partial charge in [-0.05, 0) is 35.9 Å². The smallest absolute Gasteiger partial charge is 0.255 e. The zero-order valence-electron chi connectivity index (χ0n) is 16.8. The number of H-pyrrole nitrogens is 1. The Morgan fingerprint density at radius 3 is 2.62 bits per heavy atom. The first-order valence-electron chi connectivity index (χ1n) is 9.69. The van der Waals surface area contributed by atoms with Gasteiger partial charge in [0.25, 0.3) is 5.91 Å². The summed E-state index contributed by atoms with van der Waals surface area (Å²) in [7, 11) is -4.03. The quantitative estimate of drug-likeness (QED) is 0.502. The van der Waals surface area contributed by atoms with E-state index in [9.17, 15) is 17.6 Å². The maximum absolute atomic E-state index is 14.3. The normalized spacial score (nSPS) is 14.9. The van der Waals surface area contributed by atoms with Gasteiger partial charge in [0.1, 0.15) is 17.0 Å². The van der Waals surface area contributed by atoms with Gasteiger partial charge in [-0.1, -0.05) is 23.9 Å². The van der Waals surface area contributed by atoms with Crippen molar-refractivity contribution in [2.45, 2.75) is 15.8 Å². The van der Waals surface area contributed by atoms with Crippen LogP contribution in [-0.2, 0) is 20.5 Å². The van der Waals surface area contributed by atoms with E-state index in [0.717, 1.165) is 17.7 Å². The number of nitrogens with zero attached hydrogens (tertiary/aromatic N) is 3. The fourth-order valence-corrected chi connectivity index (χ4v) is 5.31. The molecule has 0 aliphatic carbocycles. The predicted molar refractivity (Wildman–Crippen MR) is 116 cm³/mol. The van der Waals surface area contributed by atoms with Crippen LogP contribution >= 0.6 is 11.8 Å². The maximum atomic E-state index is 14.3. The summed E-state index contributed by atoms with van der Waals surface area (Å²) in [4.78, 5) is 16.2. The number of ether oxygens (including phenoxy) is 1. The minimum atomic E-state index is -4.03. The van der Waals surface area contributed by atoms with Crippen LogP contribution in [0.3, 0.4) is 0 Å². The third kappa shape index (κ3) is 5.15. The fourth-order valence-electron chi connectivity index (χ4n) is 3.08. The molecule has 9 nitrogen and oxygen atoms in total. The lowest BCUT2D eigenvalue weighted by Gasteiger charge is -2.26. The summed E-state index contributed by atoms with van der Waals surface area (Å²) >= 11 is 1.48. The molecule has 0 spiro atoms. The van der Waals surface area contributed by atoms with E-state index in [2.05, 4.69) is 20.5 Å². The van der Waals surface area contributed by atoms with Crippen molar-refractivity contribution in [1.82, 2.24) is 19.5 Å². The van der Waals surface area contributed by atoms with E-state index in [1.807, 2.05) is 12.1 Å². The highest BCUT2D eigenvalue weighted by atomic mass is 32.2. The van der Waals surface area contributed by atoms with E-state index in [0.29, 0.717) is 16.5 Å². The van der Waals surface area contributed by atoms with Gasteiger partial charge in [0.2, 0.25) is 10.0 Å². The lowest BCUT2D eigenvalue weighted by atomic mass is 10.1. The number of amides is 1. The molecule has 1 aliphatic heterocycles. The maximum Gasteiger partial charge on any atom is 0.255 e. The molecule has 3 aromatic rings. The van der Waals surface area contributed by atoms with Crippen LogP contribution in [-0.4, -0.2) is 60.1 Å². The van der Waals surface area contributed by atoms with E-state index in [4.69, 9.17) is 4.74 Å². The molecule has 1 amide bonds. The van der Waals surface area contributed by atoms with Crippen molar-refractivity contribution in [3.8, 4) is 0 Å². The molecule has 0 saturated carbocycles. The average Bonchev–Trinajstić information content (AvgIpc) is 3.33. The largest absolute Gasteiger partial charge is 0.379 e. The molecule has 2 N–H and O–H groups in total. The van der Waals surface area contributed by atoms with Crippen molar-refractivity contribution >= 4 is 33.4 Å². The van der Waals surface area contributed by atoms with Crippen LogP contribution in [0.15, 0.2) is 58.8 Å². The molecule has 0 bridgehead atoms. The summed E-state index contributed by atoms with van der Waals surface area (Å²) in [6.45, 7) is 0.813. The van der Waals surface area contributed by atoms with Gasteiger partial charge < -0.3 is 10.1 Å². The predicted octanol–water partition coefficient (Wildman–Crippen LogP) is 2.51. The van der Waals surface area contributed by atoms with Gasteiger partial charge in [0, 0.05) is 30.1 Å². The summed E-state index contributed by atoms with van der Waals surface area (Å²) in [5.41, 5.74) is 1.57. The number of nitrogens with one attached hydrogen (secondary N) is 2. The van der Waals surface area contributed by atoms with Crippen LogP contribution < -0.4 is 5.32 Å². The highest BCUT2D eigenvalue weighted by Gasteiger charge is 2.29. The zero-order chi connectivity index (χ0) is 22.6. The van der Waals surface area contributed by atoms with Crippen LogP contribution in [0.5, 0.6) is 0 Å². The number of thioether (sulfide) groups is 1. The van der Waals surface area contributed by atoms with Crippen molar-refractivity contribution < 1.29 is 22.3 Å². The van der Waals surface area contributed by atoms with E-state index in [1.165, 1.54) is 28.5 Å². The van der Waals surface area contributed by atoms with Crippen LogP contribution in [0, 0.1) is 5.82 Å². The van der Waals surface area contributed by atoms with E-state index >= 15 is 0 Å². The zero-order valence-corrected chi connectivity index (χ0v) is 18.5. The topological polar surface area (TPSA) is 117 Å². The van der Waals surface area contributed by atoms with Gasteiger partial charge in [-0.25, -0.2) is 17.8 Å². The number of sulfonamides is 1. The van der Waals surface area contributed by atoms with Crippen LogP contribution in [0.4, 0.5) is 10.1 Å². The highest BCUT2D eigenvalue weighted by molar-refractivity contribution is 7.98. The number of aromatic amines is 1. The SMILES string of the molecule is O=C(Nc1ccc(F)c(S(=O)(=O)N2CCOCC2)c1)c1ccc(CSc2ncn[nH]2)cc1. The monoisotopic (exact) mass is 477 g/mol. The first-order valence-corrected chi connectivity index (χ1v) is 12.1. The molecule has 2 heterocycles. The molecule has 2 aromatic carbocycles. The Kier molecular flexibility index (Phi) is 6.84. The Labute approximate surface area is 188 Å². The molecule has 168 valence electrons. The van der Waals surface area contributed by atoms with Gasteiger partial charge in [0.15, 0.2) is 5.16 Å². The third-order valence-electron chi connectivity index (χ3n) is 4.76. The van der Waals surface area contributed by atoms with Crippen molar-refractivity contribution in [3.05, 3.63) is 65.7 Å². The molecule has 12 heteroatoms. The number of anilines is 1. The Hall–Kier alpha value is -2.80. The molecule has 1 fully saturated rings. The molecule has 1 aliphatic rings. The standard InChI is InChI=1S/C20H20FN5O4S2/c21-17-6-5-16(11-18(17)32(28,29)26-7-9-30-10-8-26)24-19(27)15-3-1-14(2-4-15)12-31-20-22-13-23-25-20/h1-6,11,13H,7-10,12H2,(H,24,27)(H,22,23,25). The Morgan fingerprint density at radius 1 is 1.19 bits per heavy atom. The number of carbonyl (C=O) groups is 1. The lowest BCUT2D eigenvalue weighted by molar-refractivity contribution is 0.0729. The summed E-state index contributed by atoms with van der Waals surface area (Å²) in [5, 5.41) is 9.88. The fraction of sp³-hybridized carbons (Fsp3) is 0.250. The van der Waals surface area contributed by atoms with Gasteiger partial charge >= 0.3 is 0 Å². The lowest BCUT2D eigenvalue weighted by Crippen LogP contribution is -2.40. The number of halogens is 1. The van der Waals surface area contributed by atoms with E-state index in [-0.39, 0.29) is 32.0 Å². The molecule has 0 atom stereocenters. The van der Waals surface area contributed by atoms with Gasteiger partial charge in [-0.3, -0.25) is 9.89 Å². The van der Waals surface area contributed by atoms with Crippen molar-refractivity contribution in [1.29, 1.82) is 0 Å². The molecule has 4 rings (SSSR count). The first-order chi connectivity index (χ1) is 15.4. The molecule has 1 saturated heterocycles. The van der Waals surface area contributed by atoms with Crippen LogP contribution in [0.25, 0.3) is 0 Å². The average molecular weight is 478 g/mol. The number of carbonyl (C=O) groups excluding carboxylic acids is 1. The molecular formula is C20H20FN5O4S2. The molecule has 0 radical (unpaired) electrons. The van der Waals surface area contributed by atoms with Crippen LogP contribution in [0.2, 0.25) is 0 Å². The number of benzene rings is 2. The summed E-state index contributed by atoms with van der Waals surface area (Å²) in [6.07, 6.45) is 1.43. The second-order valence-corrected chi connectivity index (χ2v) is 9.76. The number of hydrogen-bond donors (Lipinski definition) is 2. The van der Waals surface area contributed by atoms with Gasteiger partial charge in [0.05, 0.1) is 13.2 Å². The Morgan fingerprint density at radius 2 is 1.94 bits per heavy atom. The van der Waals surface area contributed by atoms with Crippen molar-refractivity contribution in [2.75, 3.05) is 31.6 Å². The Bertz CT molecular complexity index is 1180. The molecule has 0 unspecified atom stereocenters. The van der Waals surface area contributed by atoms with Crippen molar-refractivity contribution in [3.63, 3.8) is 0 Å². The second kappa shape index (κ2) is 9.77. The summed E-state index contributed by atoms with van der Waals surface area (Å²) in [6, 6.07) is 10.5. The van der Waals surface area contributed by atoms with Crippen LogP contribution in [0.1, 0.15) is 15.9 Å². The molecular weight excluding hydrogens is 457 g/mol. The van der Waals surface area contributed by atoms with E-state index < -0.39 is 26.6 Å². The number of aromatic nitrogens is 3. The van der Waals surface area contributed by atoms with Gasteiger partial charge in [-0.2, -0.15) is 9.40 Å². The van der Waals surface area contributed by atoms with Crippen molar-refractivity contribution in [2.24, 2.45) is 0 Å². The number of morpholine rings is 1. The van der Waals surface area contributed by atoms with Gasteiger partial charge in [-0.15, -0.1) is 0 Å². The van der Waals surface area contributed by atoms with E-state index in [1.54, 1.807) is 12.1 Å². The number of hydrogen-bond acceptors (Lipinski definition) is 7. The first kappa shape index (κ1) is 22.4. The number of rotatable bonds is 7. The minimum Gasteiger partial charge on any atom is -0.379 e. The highest BCUT2D eigenvalue weighted by Crippen LogP contribution is 2.24. The molecule has 32 heavy (non-hydrogen) atoms. The Balaban J connectivity index is 1.44. The summed E-state index contributed by atoms with van der Waals surface area (Å²) < 4.78 is 46.3.